The lowest BCUT2D eigenvalue weighted by molar-refractivity contribution is -0.0779. The number of nitrogens with zero attached hydrogens (tertiary/aromatic N) is 2. The molecule has 0 spiro atoms. The number of hydrogen-bond acceptors (Lipinski definition) is 5. The SMILES string of the molecule is COc1cnc(C(=O)N(C)OC)o1. The third-order valence-corrected chi connectivity index (χ3v) is 1.43. The topological polar surface area (TPSA) is 64.8 Å². The summed E-state index contributed by atoms with van der Waals surface area (Å²) in [7, 11) is 4.26. The van der Waals surface area contributed by atoms with Gasteiger partial charge in [0.1, 0.15) is 6.20 Å². The molecule has 0 unspecified atom stereocenters. The summed E-state index contributed by atoms with van der Waals surface area (Å²) in [4.78, 5) is 19.6. The summed E-state index contributed by atoms with van der Waals surface area (Å²) in [5.41, 5.74) is 0. The molecule has 0 fully saturated rings. The van der Waals surface area contributed by atoms with Gasteiger partial charge in [0.25, 0.3) is 5.89 Å². The second kappa shape index (κ2) is 3.90. The van der Waals surface area contributed by atoms with E-state index >= 15 is 0 Å². The van der Waals surface area contributed by atoms with E-state index in [0.29, 0.717) is 0 Å². The Hall–Kier alpha value is -1.56. The van der Waals surface area contributed by atoms with E-state index in [1.54, 1.807) is 0 Å². The van der Waals surface area contributed by atoms with Gasteiger partial charge in [-0.2, -0.15) is 0 Å². The van der Waals surface area contributed by atoms with E-state index in [0.717, 1.165) is 5.06 Å². The van der Waals surface area contributed by atoms with Gasteiger partial charge in [-0.1, -0.05) is 0 Å². The van der Waals surface area contributed by atoms with Crippen LogP contribution in [0.2, 0.25) is 0 Å². The number of hydroxylamine groups is 2. The third kappa shape index (κ3) is 1.97. The maximum atomic E-state index is 11.3. The molecule has 0 aliphatic heterocycles. The lowest BCUT2D eigenvalue weighted by Crippen LogP contribution is -2.25. The largest absolute Gasteiger partial charge is 0.467 e. The summed E-state index contributed by atoms with van der Waals surface area (Å²) in [5.74, 6) is -0.347. The fraction of sp³-hybridized carbons (Fsp3) is 0.429. The van der Waals surface area contributed by atoms with Crippen LogP contribution in [0, 0.1) is 0 Å². The molecule has 0 aromatic carbocycles. The van der Waals surface area contributed by atoms with Gasteiger partial charge >= 0.3 is 11.9 Å². The Morgan fingerprint density at radius 2 is 2.31 bits per heavy atom. The van der Waals surface area contributed by atoms with E-state index < -0.39 is 5.91 Å². The molecule has 1 amide bonds. The smallest absolute Gasteiger partial charge is 0.333 e. The number of amides is 1. The highest BCUT2D eigenvalue weighted by atomic mass is 16.7. The van der Waals surface area contributed by atoms with E-state index in [1.807, 2.05) is 0 Å². The third-order valence-electron chi connectivity index (χ3n) is 1.43. The Kier molecular flexibility index (Phi) is 2.86. The number of aromatic nitrogens is 1. The maximum Gasteiger partial charge on any atom is 0.333 e. The van der Waals surface area contributed by atoms with Crippen molar-refractivity contribution < 1.29 is 18.8 Å². The number of methoxy groups -OCH3 is 1. The summed E-state index contributed by atoms with van der Waals surface area (Å²) in [6.45, 7) is 0. The van der Waals surface area contributed by atoms with E-state index in [1.165, 1.54) is 27.5 Å². The summed E-state index contributed by atoms with van der Waals surface area (Å²) < 4.78 is 9.63. The molecule has 1 aromatic heterocycles. The van der Waals surface area contributed by atoms with Crippen LogP contribution in [0.4, 0.5) is 0 Å². The van der Waals surface area contributed by atoms with Crippen molar-refractivity contribution in [3.8, 4) is 5.95 Å². The lowest BCUT2D eigenvalue weighted by atomic mass is 10.6. The first-order valence-corrected chi connectivity index (χ1v) is 3.51. The molecule has 0 saturated carbocycles. The van der Waals surface area contributed by atoms with Crippen LogP contribution in [-0.4, -0.2) is 37.2 Å². The summed E-state index contributed by atoms with van der Waals surface area (Å²) in [5, 5.41) is 1.01. The van der Waals surface area contributed by atoms with Gasteiger partial charge in [-0.3, -0.25) is 9.63 Å². The molecule has 0 N–H and O–H groups in total. The molecule has 0 radical (unpaired) electrons. The van der Waals surface area contributed by atoms with Gasteiger partial charge in [0, 0.05) is 7.05 Å². The van der Waals surface area contributed by atoms with Crippen molar-refractivity contribution in [2.24, 2.45) is 0 Å². The first-order chi connectivity index (χ1) is 6.19. The number of hydrogen-bond donors (Lipinski definition) is 0. The van der Waals surface area contributed by atoms with Gasteiger partial charge in [0.05, 0.1) is 14.2 Å². The van der Waals surface area contributed by atoms with Gasteiger partial charge in [0.15, 0.2) is 0 Å². The lowest BCUT2D eigenvalue weighted by Gasteiger charge is -2.09. The monoisotopic (exact) mass is 186 g/mol. The molecule has 1 aromatic rings. The first-order valence-electron chi connectivity index (χ1n) is 3.51. The van der Waals surface area contributed by atoms with Crippen molar-refractivity contribution in [1.29, 1.82) is 0 Å². The number of rotatable bonds is 3. The second-order valence-corrected chi connectivity index (χ2v) is 2.17. The molecule has 0 bridgehead atoms. The fourth-order valence-electron chi connectivity index (χ4n) is 0.670. The Balaban J connectivity index is 2.77. The molecule has 0 aliphatic carbocycles. The van der Waals surface area contributed by atoms with Crippen LogP contribution in [0.5, 0.6) is 5.95 Å². The molecule has 1 heterocycles. The van der Waals surface area contributed by atoms with Crippen LogP contribution < -0.4 is 4.74 Å². The Labute approximate surface area is 75.0 Å². The highest BCUT2D eigenvalue weighted by Crippen LogP contribution is 2.12. The minimum absolute atomic E-state index is 0.0683. The predicted octanol–water partition coefficient (Wildman–Crippen LogP) is 0.317. The number of oxazole rings is 1. The Morgan fingerprint density at radius 3 is 2.77 bits per heavy atom. The van der Waals surface area contributed by atoms with Gasteiger partial charge in [-0.05, 0) is 0 Å². The highest BCUT2D eigenvalue weighted by molar-refractivity contribution is 5.88. The zero-order valence-corrected chi connectivity index (χ0v) is 7.60. The van der Waals surface area contributed by atoms with E-state index in [2.05, 4.69) is 9.82 Å². The van der Waals surface area contributed by atoms with Crippen LogP contribution in [0.1, 0.15) is 10.7 Å². The standard InChI is InChI=1S/C7H10N2O4/c1-9(12-3)7(10)6-8-4-5(11-2)13-6/h4H,1-3H3. The van der Waals surface area contributed by atoms with E-state index in [4.69, 9.17) is 9.15 Å². The fourth-order valence-corrected chi connectivity index (χ4v) is 0.670. The Bertz CT molecular complexity index is 296. The molecule has 13 heavy (non-hydrogen) atoms. The van der Waals surface area contributed by atoms with Gasteiger partial charge in [0.2, 0.25) is 0 Å². The average molecular weight is 186 g/mol. The molecule has 6 nitrogen and oxygen atoms in total. The van der Waals surface area contributed by atoms with Crippen molar-refractivity contribution in [3.05, 3.63) is 12.1 Å². The van der Waals surface area contributed by atoms with Gasteiger partial charge in [-0.25, -0.2) is 10.0 Å². The van der Waals surface area contributed by atoms with Crippen molar-refractivity contribution >= 4 is 5.91 Å². The molecule has 1 rings (SSSR count). The van der Waals surface area contributed by atoms with E-state index in [-0.39, 0.29) is 11.8 Å². The van der Waals surface area contributed by atoms with Crippen molar-refractivity contribution in [3.63, 3.8) is 0 Å². The zero-order chi connectivity index (χ0) is 9.84. The minimum Gasteiger partial charge on any atom is -0.467 e. The van der Waals surface area contributed by atoms with Crippen LogP contribution in [0.3, 0.4) is 0 Å². The summed E-state index contributed by atoms with van der Waals surface area (Å²) >= 11 is 0. The van der Waals surface area contributed by atoms with E-state index in [9.17, 15) is 4.79 Å². The zero-order valence-electron chi connectivity index (χ0n) is 7.60. The first kappa shape index (κ1) is 9.53. The normalized spacial score (nSPS) is 9.77. The Morgan fingerprint density at radius 1 is 1.62 bits per heavy atom. The van der Waals surface area contributed by atoms with Crippen molar-refractivity contribution in [1.82, 2.24) is 10.0 Å². The molecular formula is C7H10N2O4. The van der Waals surface area contributed by atoms with Gasteiger partial charge < -0.3 is 9.15 Å². The van der Waals surface area contributed by atoms with Crippen molar-refractivity contribution in [2.75, 3.05) is 21.3 Å². The quantitative estimate of drug-likeness (QED) is 0.636. The van der Waals surface area contributed by atoms with Crippen LogP contribution in [-0.2, 0) is 4.84 Å². The molecule has 6 heteroatoms. The molecule has 0 saturated heterocycles. The highest BCUT2D eigenvalue weighted by Gasteiger charge is 2.17. The van der Waals surface area contributed by atoms with Crippen LogP contribution in [0.25, 0.3) is 0 Å². The summed E-state index contributed by atoms with van der Waals surface area (Å²) in [6, 6.07) is 0. The second-order valence-electron chi connectivity index (χ2n) is 2.17. The number of carbonyl (C=O) groups is 1. The van der Waals surface area contributed by atoms with Gasteiger partial charge in [-0.15, -0.1) is 0 Å². The number of carbonyl (C=O) groups excluding carboxylic acids is 1. The molecule has 0 aliphatic rings. The van der Waals surface area contributed by atoms with Crippen LogP contribution in [0.15, 0.2) is 10.6 Å². The molecule has 0 atom stereocenters. The minimum atomic E-state index is -0.467. The average Bonchev–Trinajstić information content (AvgIpc) is 2.63. The predicted molar refractivity (Wildman–Crippen MR) is 42.2 cm³/mol. The molecular weight excluding hydrogens is 176 g/mol. The van der Waals surface area contributed by atoms with Crippen molar-refractivity contribution in [2.45, 2.75) is 0 Å². The molecule has 72 valence electrons. The van der Waals surface area contributed by atoms with Crippen LogP contribution >= 0.6 is 0 Å². The summed E-state index contributed by atoms with van der Waals surface area (Å²) in [6.07, 6.45) is 1.32. The maximum absolute atomic E-state index is 11.3. The number of ether oxygens (including phenoxy) is 1.